The van der Waals surface area contributed by atoms with Crippen LogP contribution in [0.4, 0.5) is 0 Å². The zero-order chi connectivity index (χ0) is 14.9. The summed E-state index contributed by atoms with van der Waals surface area (Å²) in [5.74, 6) is 0. The zero-order valence-corrected chi connectivity index (χ0v) is 13.6. The first-order valence-corrected chi connectivity index (χ1v) is 8.79. The van der Waals surface area contributed by atoms with Crippen LogP contribution in [0.5, 0.6) is 0 Å². The van der Waals surface area contributed by atoms with Gasteiger partial charge in [-0.05, 0) is 79.6 Å². The summed E-state index contributed by atoms with van der Waals surface area (Å²) in [4.78, 5) is 2.70. The lowest BCUT2D eigenvalue weighted by Gasteiger charge is -2.32. The summed E-state index contributed by atoms with van der Waals surface area (Å²) in [6.45, 7) is 2.62. The van der Waals surface area contributed by atoms with E-state index < -0.39 is 0 Å². The first-order chi connectivity index (χ1) is 10.8. The summed E-state index contributed by atoms with van der Waals surface area (Å²) in [5.41, 5.74) is 5.67. The molecule has 2 aromatic rings. The SMILES string of the molecule is Clc1ccc(-c2ccc3c(c2)CCC(N2CCCC2)C3)cc1. The predicted molar refractivity (Wildman–Crippen MR) is 93.5 cm³/mol. The minimum absolute atomic E-state index is 0.774. The lowest BCUT2D eigenvalue weighted by molar-refractivity contribution is 0.222. The molecule has 0 spiro atoms. The average molecular weight is 312 g/mol. The Morgan fingerprint density at radius 1 is 0.864 bits per heavy atom. The van der Waals surface area contributed by atoms with Crippen molar-refractivity contribution in [2.24, 2.45) is 0 Å². The molecule has 0 amide bonds. The molecule has 2 aliphatic rings. The smallest absolute Gasteiger partial charge is 0.0406 e. The van der Waals surface area contributed by atoms with E-state index in [-0.39, 0.29) is 0 Å². The molecule has 114 valence electrons. The Labute approximate surface area is 137 Å². The van der Waals surface area contributed by atoms with Crippen LogP contribution in [-0.4, -0.2) is 24.0 Å². The fraction of sp³-hybridized carbons (Fsp3) is 0.400. The first kappa shape index (κ1) is 14.3. The Balaban J connectivity index is 1.56. The van der Waals surface area contributed by atoms with Gasteiger partial charge in [0.05, 0.1) is 0 Å². The maximum absolute atomic E-state index is 5.99. The lowest BCUT2D eigenvalue weighted by atomic mass is 9.85. The summed E-state index contributed by atoms with van der Waals surface area (Å²) >= 11 is 5.99. The van der Waals surface area contributed by atoms with Gasteiger partial charge in [-0.15, -0.1) is 0 Å². The molecule has 0 N–H and O–H groups in total. The number of halogens is 1. The molecule has 0 bridgehead atoms. The fourth-order valence-electron chi connectivity index (χ4n) is 3.98. The standard InChI is InChI=1S/C20H22ClN/c21-19-8-5-15(6-9-19)16-3-4-18-14-20(10-7-17(18)13-16)22-11-1-2-12-22/h3-6,8-9,13,20H,1-2,7,10-12,14H2. The molecule has 1 aliphatic heterocycles. The third-order valence-corrected chi connectivity index (χ3v) is 5.50. The van der Waals surface area contributed by atoms with Gasteiger partial charge < -0.3 is 4.90 Å². The molecule has 4 rings (SSSR count). The van der Waals surface area contributed by atoms with Crippen LogP contribution >= 0.6 is 11.6 Å². The van der Waals surface area contributed by atoms with Gasteiger partial charge in [0.2, 0.25) is 0 Å². The molecule has 1 nitrogen and oxygen atoms in total. The Morgan fingerprint density at radius 3 is 2.36 bits per heavy atom. The number of aryl methyl sites for hydroxylation is 1. The molecule has 1 fully saturated rings. The van der Waals surface area contributed by atoms with E-state index in [1.54, 1.807) is 11.1 Å². The van der Waals surface area contributed by atoms with Gasteiger partial charge in [-0.3, -0.25) is 0 Å². The molecule has 1 unspecified atom stereocenters. The molecule has 2 heteroatoms. The quantitative estimate of drug-likeness (QED) is 0.757. The van der Waals surface area contributed by atoms with Gasteiger partial charge >= 0.3 is 0 Å². The Bertz CT molecular complexity index is 656. The molecule has 2 aromatic carbocycles. The van der Waals surface area contributed by atoms with Crippen molar-refractivity contribution < 1.29 is 0 Å². The van der Waals surface area contributed by atoms with Crippen molar-refractivity contribution in [2.45, 2.75) is 38.1 Å². The highest BCUT2D eigenvalue weighted by Gasteiger charge is 2.26. The van der Waals surface area contributed by atoms with Gasteiger partial charge in [0.25, 0.3) is 0 Å². The van der Waals surface area contributed by atoms with Crippen molar-refractivity contribution >= 4 is 11.6 Å². The van der Waals surface area contributed by atoms with Crippen molar-refractivity contribution in [2.75, 3.05) is 13.1 Å². The molecule has 0 aromatic heterocycles. The molecule has 1 atom stereocenters. The molecular weight excluding hydrogens is 290 g/mol. The number of benzene rings is 2. The molecule has 0 saturated carbocycles. The van der Waals surface area contributed by atoms with E-state index in [0.717, 1.165) is 11.1 Å². The van der Waals surface area contributed by atoms with Crippen LogP contribution in [0.25, 0.3) is 11.1 Å². The van der Waals surface area contributed by atoms with Crippen LogP contribution < -0.4 is 0 Å². The van der Waals surface area contributed by atoms with E-state index in [2.05, 4.69) is 35.2 Å². The molecule has 1 heterocycles. The molecule has 0 radical (unpaired) electrons. The van der Waals surface area contributed by atoms with E-state index in [0.29, 0.717) is 0 Å². The number of fused-ring (bicyclic) bond motifs is 1. The summed E-state index contributed by atoms with van der Waals surface area (Å²) in [6, 6.07) is 15.9. The highest BCUT2D eigenvalue weighted by atomic mass is 35.5. The maximum Gasteiger partial charge on any atom is 0.0406 e. The summed E-state index contributed by atoms with van der Waals surface area (Å²) in [6.07, 6.45) is 6.54. The summed E-state index contributed by atoms with van der Waals surface area (Å²) in [5, 5.41) is 0.801. The van der Waals surface area contributed by atoms with Gasteiger partial charge in [0, 0.05) is 11.1 Å². The highest BCUT2D eigenvalue weighted by molar-refractivity contribution is 6.30. The zero-order valence-electron chi connectivity index (χ0n) is 12.9. The van der Waals surface area contributed by atoms with E-state index in [1.807, 2.05) is 12.1 Å². The van der Waals surface area contributed by atoms with Crippen LogP contribution in [0, 0.1) is 0 Å². The maximum atomic E-state index is 5.99. The van der Waals surface area contributed by atoms with E-state index >= 15 is 0 Å². The van der Waals surface area contributed by atoms with Crippen molar-refractivity contribution in [3.05, 3.63) is 58.6 Å². The minimum Gasteiger partial charge on any atom is -0.300 e. The van der Waals surface area contributed by atoms with Crippen molar-refractivity contribution in [1.29, 1.82) is 0 Å². The van der Waals surface area contributed by atoms with Crippen molar-refractivity contribution in [1.82, 2.24) is 4.90 Å². The number of likely N-dealkylation sites (tertiary alicyclic amines) is 1. The predicted octanol–water partition coefficient (Wildman–Crippen LogP) is 4.96. The van der Waals surface area contributed by atoms with Gasteiger partial charge in [-0.1, -0.05) is 41.9 Å². The van der Waals surface area contributed by atoms with Crippen LogP contribution in [0.3, 0.4) is 0 Å². The molecule has 1 saturated heterocycles. The van der Waals surface area contributed by atoms with Gasteiger partial charge in [-0.25, -0.2) is 0 Å². The van der Waals surface area contributed by atoms with E-state index in [1.165, 1.54) is 56.3 Å². The normalized spacial score (nSPS) is 21.8. The largest absolute Gasteiger partial charge is 0.300 e. The molecule has 1 aliphatic carbocycles. The monoisotopic (exact) mass is 311 g/mol. The number of hydrogen-bond donors (Lipinski definition) is 0. The summed E-state index contributed by atoms with van der Waals surface area (Å²) in [7, 11) is 0. The highest BCUT2D eigenvalue weighted by Crippen LogP contribution is 2.30. The second-order valence-corrected chi connectivity index (χ2v) is 7.07. The van der Waals surface area contributed by atoms with Crippen LogP contribution in [-0.2, 0) is 12.8 Å². The molecular formula is C20H22ClN. The van der Waals surface area contributed by atoms with Crippen molar-refractivity contribution in [3.8, 4) is 11.1 Å². The van der Waals surface area contributed by atoms with Gasteiger partial charge in [0.1, 0.15) is 0 Å². The molecule has 22 heavy (non-hydrogen) atoms. The second-order valence-electron chi connectivity index (χ2n) is 6.63. The lowest BCUT2D eigenvalue weighted by Crippen LogP contribution is -2.37. The fourth-order valence-corrected chi connectivity index (χ4v) is 4.10. The topological polar surface area (TPSA) is 3.24 Å². The Kier molecular flexibility index (Phi) is 3.94. The van der Waals surface area contributed by atoms with Crippen LogP contribution in [0.15, 0.2) is 42.5 Å². The van der Waals surface area contributed by atoms with Gasteiger partial charge in [0.15, 0.2) is 0 Å². The number of nitrogens with zero attached hydrogens (tertiary/aromatic N) is 1. The van der Waals surface area contributed by atoms with E-state index in [4.69, 9.17) is 11.6 Å². The average Bonchev–Trinajstić information content (AvgIpc) is 3.09. The Hall–Kier alpha value is -1.31. The minimum atomic E-state index is 0.774. The van der Waals surface area contributed by atoms with Crippen LogP contribution in [0.1, 0.15) is 30.4 Å². The van der Waals surface area contributed by atoms with Gasteiger partial charge in [-0.2, -0.15) is 0 Å². The first-order valence-electron chi connectivity index (χ1n) is 8.41. The Morgan fingerprint density at radius 2 is 1.59 bits per heavy atom. The van der Waals surface area contributed by atoms with E-state index in [9.17, 15) is 0 Å². The third-order valence-electron chi connectivity index (χ3n) is 5.24. The number of rotatable bonds is 2. The summed E-state index contributed by atoms with van der Waals surface area (Å²) < 4.78 is 0. The number of hydrogen-bond acceptors (Lipinski definition) is 1. The van der Waals surface area contributed by atoms with Crippen molar-refractivity contribution in [3.63, 3.8) is 0 Å². The third kappa shape index (κ3) is 2.80. The second kappa shape index (κ2) is 6.06. The van der Waals surface area contributed by atoms with Crippen LogP contribution in [0.2, 0.25) is 5.02 Å².